The lowest BCUT2D eigenvalue weighted by Crippen LogP contribution is -3.12. The number of amides is 1. The van der Waals surface area contributed by atoms with E-state index in [2.05, 4.69) is 27.7 Å². The van der Waals surface area contributed by atoms with Gasteiger partial charge in [-0.15, -0.1) is 0 Å². The third-order valence-corrected chi connectivity index (χ3v) is 7.87. The molecule has 2 atom stereocenters. The molecule has 2 heterocycles. The van der Waals surface area contributed by atoms with Crippen molar-refractivity contribution >= 4 is 17.4 Å². The summed E-state index contributed by atoms with van der Waals surface area (Å²) in [6.07, 6.45) is 1.67. The summed E-state index contributed by atoms with van der Waals surface area (Å²) >= 11 is 0. The van der Waals surface area contributed by atoms with E-state index in [0.717, 1.165) is 37.2 Å². The first-order valence-corrected chi connectivity index (χ1v) is 14.4. The number of quaternary nitrogens is 1. The summed E-state index contributed by atoms with van der Waals surface area (Å²) in [6.45, 7) is 13.9. The Morgan fingerprint density at radius 3 is 2.55 bits per heavy atom. The van der Waals surface area contributed by atoms with Gasteiger partial charge in [0, 0.05) is 12.0 Å². The van der Waals surface area contributed by atoms with E-state index in [-0.39, 0.29) is 17.4 Å². The third kappa shape index (κ3) is 6.12. The number of fused-ring (bicyclic) bond motifs is 1. The smallest absolute Gasteiger partial charge is 0.295 e. The number of hydrogen-bond donors (Lipinski definition) is 2. The van der Waals surface area contributed by atoms with Crippen LogP contribution < -0.4 is 19.1 Å². The number of Topliss-reactive ketones (excluding diaryl/α,β-unsaturated/α-hetero) is 1. The standard InChI is InChI=1S/C32H42N2O6/c1-7-33(8-2)14-15-34-29(22-9-12-26(27(19-22)38-6)39-16-13-20(3)4)28(31(36)32(34)37)30(35)23-10-11-25-24(18-23)17-21(5)40-25/h9-12,18-21,29,35H,7-8,13-17H2,1-6H3/p+1/t21-,29-/m0/s1. The number of likely N-dealkylation sites (tertiary alicyclic amines) is 1. The molecule has 2 aliphatic rings. The molecule has 1 saturated heterocycles. The highest BCUT2D eigenvalue weighted by atomic mass is 16.5. The first kappa shape index (κ1) is 29.5. The maximum atomic E-state index is 13.5. The van der Waals surface area contributed by atoms with Crippen molar-refractivity contribution in [1.82, 2.24) is 4.90 Å². The monoisotopic (exact) mass is 551 g/mol. The van der Waals surface area contributed by atoms with Gasteiger partial charge in [0.15, 0.2) is 11.5 Å². The average molecular weight is 552 g/mol. The number of methoxy groups -OCH3 is 1. The van der Waals surface area contributed by atoms with Crippen molar-refractivity contribution in [2.24, 2.45) is 5.92 Å². The van der Waals surface area contributed by atoms with E-state index in [1.807, 2.05) is 37.3 Å². The zero-order chi connectivity index (χ0) is 29.0. The number of nitrogens with zero attached hydrogens (tertiary/aromatic N) is 1. The predicted octanol–water partition coefficient (Wildman–Crippen LogP) is 3.79. The number of rotatable bonds is 12. The normalized spacial score (nSPS) is 19.9. The number of aliphatic hydroxyl groups is 1. The van der Waals surface area contributed by atoms with Crippen molar-refractivity contribution in [1.29, 1.82) is 0 Å². The van der Waals surface area contributed by atoms with E-state index in [1.165, 1.54) is 4.90 Å². The maximum absolute atomic E-state index is 13.5. The van der Waals surface area contributed by atoms with Gasteiger partial charge in [-0.05, 0) is 74.6 Å². The van der Waals surface area contributed by atoms with E-state index in [0.29, 0.717) is 48.2 Å². The Bertz CT molecular complexity index is 1270. The van der Waals surface area contributed by atoms with Crippen molar-refractivity contribution in [2.75, 3.05) is 39.9 Å². The number of nitrogens with one attached hydrogen (secondary N) is 1. The molecule has 0 radical (unpaired) electrons. The largest absolute Gasteiger partial charge is 0.507 e. The van der Waals surface area contributed by atoms with Crippen LogP contribution in [-0.2, 0) is 16.0 Å². The highest BCUT2D eigenvalue weighted by Crippen LogP contribution is 2.42. The van der Waals surface area contributed by atoms with Crippen molar-refractivity contribution in [3.8, 4) is 17.2 Å². The minimum Gasteiger partial charge on any atom is -0.507 e. The molecule has 0 spiro atoms. The predicted molar refractivity (Wildman–Crippen MR) is 154 cm³/mol. The molecule has 8 nitrogen and oxygen atoms in total. The molecule has 2 aliphatic heterocycles. The van der Waals surface area contributed by atoms with Crippen LogP contribution in [0, 0.1) is 5.92 Å². The van der Waals surface area contributed by atoms with E-state index in [9.17, 15) is 14.7 Å². The van der Waals surface area contributed by atoms with Crippen LogP contribution >= 0.6 is 0 Å². The van der Waals surface area contributed by atoms with Crippen molar-refractivity contribution < 1.29 is 33.8 Å². The van der Waals surface area contributed by atoms with Gasteiger partial charge in [-0.1, -0.05) is 19.9 Å². The molecule has 0 unspecified atom stereocenters. The van der Waals surface area contributed by atoms with Gasteiger partial charge in [0.1, 0.15) is 17.6 Å². The Labute approximate surface area is 237 Å². The fourth-order valence-corrected chi connectivity index (χ4v) is 5.44. The van der Waals surface area contributed by atoms with Gasteiger partial charge >= 0.3 is 0 Å². The molecule has 1 amide bonds. The molecule has 0 bridgehead atoms. The van der Waals surface area contributed by atoms with Gasteiger partial charge in [-0.2, -0.15) is 0 Å². The molecule has 2 aromatic carbocycles. The van der Waals surface area contributed by atoms with Crippen molar-refractivity contribution in [3.05, 3.63) is 58.7 Å². The van der Waals surface area contributed by atoms with Crippen molar-refractivity contribution in [3.63, 3.8) is 0 Å². The molecule has 8 heteroatoms. The maximum Gasteiger partial charge on any atom is 0.295 e. The van der Waals surface area contributed by atoms with E-state index in [4.69, 9.17) is 14.2 Å². The Hall–Kier alpha value is -3.52. The minimum absolute atomic E-state index is 0.0503. The van der Waals surface area contributed by atoms with Crippen LogP contribution in [0.5, 0.6) is 17.2 Å². The minimum atomic E-state index is -0.753. The lowest BCUT2D eigenvalue weighted by Gasteiger charge is -2.27. The molecule has 2 aromatic rings. The van der Waals surface area contributed by atoms with Gasteiger partial charge in [0.2, 0.25) is 0 Å². The van der Waals surface area contributed by atoms with Gasteiger partial charge in [0.05, 0.1) is 51.5 Å². The molecule has 1 fully saturated rings. The van der Waals surface area contributed by atoms with E-state index in [1.54, 1.807) is 18.1 Å². The number of carbonyl (C=O) groups excluding carboxylic acids is 2. The Morgan fingerprint density at radius 2 is 1.88 bits per heavy atom. The molecule has 0 saturated carbocycles. The lowest BCUT2D eigenvalue weighted by molar-refractivity contribution is -0.895. The molecule has 40 heavy (non-hydrogen) atoms. The topological polar surface area (TPSA) is 89.7 Å². The number of ether oxygens (including phenoxy) is 3. The van der Waals surface area contributed by atoms with Crippen molar-refractivity contribution in [2.45, 2.75) is 59.6 Å². The summed E-state index contributed by atoms with van der Waals surface area (Å²) in [5.74, 6) is 0.937. The summed E-state index contributed by atoms with van der Waals surface area (Å²) in [5, 5.41) is 11.6. The van der Waals surface area contributed by atoms with Crippen LogP contribution in [0.25, 0.3) is 5.76 Å². The molecule has 4 rings (SSSR count). The zero-order valence-electron chi connectivity index (χ0n) is 24.6. The van der Waals surface area contributed by atoms with E-state index < -0.39 is 17.7 Å². The number of likely N-dealkylation sites (N-methyl/N-ethyl adjacent to an activating group) is 1. The number of hydrogen-bond acceptors (Lipinski definition) is 6. The summed E-state index contributed by atoms with van der Waals surface area (Å²) < 4.78 is 17.4. The molecule has 0 aromatic heterocycles. The molecule has 0 aliphatic carbocycles. The highest BCUT2D eigenvalue weighted by molar-refractivity contribution is 6.46. The third-order valence-electron chi connectivity index (χ3n) is 7.87. The molecular weight excluding hydrogens is 508 g/mol. The first-order chi connectivity index (χ1) is 19.2. The van der Waals surface area contributed by atoms with Gasteiger partial charge < -0.3 is 29.1 Å². The molecule has 2 N–H and O–H groups in total. The molecular formula is C32H43N2O6+. The quantitative estimate of drug-likeness (QED) is 0.237. The van der Waals surface area contributed by atoms with Crippen LogP contribution in [0.1, 0.15) is 63.8 Å². The Kier molecular flexibility index (Phi) is 9.40. The molecule has 216 valence electrons. The average Bonchev–Trinajstić information content (AvgIpc) is 3.44. The van der Waals surface area contributed by atoms with Gasteiger partial charge in [-0.3, -0.25) is 9.59 Å². The summed E-state index contributed by atoms with van der Waals surface area (Å²) in [7, 11) is 1.57. The second-order valence-corrected chi connectivity index (χ2v) is 11.1. The van der Waals surface area contributed by atoms with Crippen LogP contribution in [0.2, 0.25) is 0 Å². The second kappa shape index (κ2) is 12.8. The summed E-state index contributed by atoms with van der Waals surface area (Å²) in [4.78, 5) is 29.8. The first-order valence-electron chi connectivity index (χ1n) is 14.4. The second-order valence-electron chi connectivity index (χ2n) is 11.1. The van der Waals surface area contributed by atoms with Crippen LogP contribution in [0.4, 0.5) is 0 Å². The summed E-state index contributed by atoms with van der Waals surface area (Å²) in [5.41, 5.74) is 2.23. The fraction of sp³-hybridized carbons (Fsp3) is 0.500. The van der Waals surface area contributed by atoms with Gasteiger partial charge in [-0.25, -0.2) is 0 Å². The fourth-order valence-electron chi connectivity index (χ4n) is 5.44. The number of ketones is 1. The van der Waals surface area contributed by atoms with Crippen LogP contribution in [0.3, 0.4) is 0 Å². The number of benzene rings is 2. The number of aliphatic hydroxyl groups excluding tert-OH is 1. The Morgan fingerprint density at radius 1 is 1.12 bits per heavy atom. The highest BCUT2D eigenvalue weighted by Gasteiger charge is 2.46. The Balaban J connectivity index is 1.77. The lowest BCUT2D eigenvalue weighted by atomic mass is 9.94. The van der Waals surface area contributed by atoms with Crippen LogP contribution in [-0.4, -0.2) is 67.7 Å². The van der Waals surface area contributed by atoms with E-state index >= 15 is 0 Å². The number of carbonyl (C=O) groups is 2. The van der Waals surface area contributed by atoms with Crippen LogP contribution in [0.15, 0.2) is 42.0 Å². The zero-order valence-corrected chi connectivity index (χ0v) is 24.6. The summed E-state index contributed by atoms with van der Waals surface area (Å²) in [6, 6.07) is 10.1. The van der Waals surface area contributed by atoms with Gasteiger partial charge in [0.25, 0.3) is 11.7 Å². The SMILES string of the molecule is CC[NH+](CC)CCN1C(=O)C(=O)C(=C(O)c2ccc3c(c2)C[C@H](C)O3)[C@@H]1c1ccc(OCCC(C)C)c(OC)c1.